The lowest BCUT2D eigenvalue weighted by Crippen LogP contribution is -2.43. The third-order valence-electron chi connectivity index (χ3n) is 6.49. The summed E-state index contributed by atoms with van der Waals surface area (Å²) in [4.78, 5) is 17.3. The number of rotatable bonds is 5. The van der Waals surface area contributed by atoms with Gasteiger partial charge in [-0.2, -0.15) is 0 Å². The minimum atomic E-state index is -0.0384. The van der Waals surface area contributed by atoms with Gasteiger partial charge in [0.1, 0.15) is 0 Å². The Kier molecular flexibility index (Phi) is 8.29. The average Bonchev–Trinajstić information content (AvgIpc) is 3.10. The van der Waals surface area contributed by atoms with Crippen molar-refractivity contribution in [2.24, 2.45) is 5.92 Å². The maximum absolute atomic E-state index is 13.0. The smallest absolute Gasteiger partial charge is 0.225 e. The summed E-state index contributed by atoms with van der Waals surface area (Å²) in [7, 11) is 0. The summed E-state index contributed by atoms with van der Waals surface area (Å²) < 4.78 is 5.49. The molecule has 2 aliphatic rings. The quantitative estimate of drug-likeness (QED) is 0.514. The van der Waals surface area contributed by atoms with Crippen molar-refractivity contribution in [2.45, 2.75) is 32.2 Å². The van der Waals surface area contributed by atoms with Crippen LogP contribution in [-0.4, -0.2) is 50.2 Å². The van der Waals surface area contributed by atoms with Crippen LogP contribution in [0.2, 0.25) is 15.1 Å². The Morgan fingerprint density at radius 2 is 1.79 bits per heavy atom. The molecule has 8 heteroatoms. The Morgan fingerprint density at radius 1 is 1.00 bits per heavy atom. The van der Waals surface area contributed by atoms with E-state index in [0.717, 1.165) is 62.4 Å². The third kappa shape index (κ3) is 6.07. The van der Waals surface area contributed by atoms with Crippen molar-refractivity contribution in [2.75, 3.05) is 49.6 Å². The molecule has 0 saturated carbocycles. The molecule has 2 fully saturated rings. The van der Waals surface area contributed by atoms with Crippen molar-refractivity contribution >= 4 is 52.1 Å². The molecule has 1 atom stereocenters. The molecule has 2 aromatic carbocycles. The van der Waals surface area contributed by atoms with Crippen LogP contribution in [0.1, 0.15) is 37.8 Å². The van der Waals surface area contributed by atoms with Gasteiger partial charge in [-0.3, -0.25) is 4.79 Å². The van der Waals surface area contributed by atoms with E-state index in [-0.39, 0.29) is 17.9 Å². The molecular formula is C25H30Cl3N3O2. The molecule has 5 nitrogen and oxygen atoms in total. The zero-order valence-corrected chi connectivity index (χ0v) is 21.1. The van der Waals surface area contributed by atoms with Crippen molar-refractivity contribution in [3.63, 3.8) is 0 Å². The molecule has 1 amide bonds. The number of benzene rings is 2. The van der Waals surface area contributed by atoms with Crippen molar-refractivity contribution in [1.29, 1.82) is 0 Å². The monoisotopic (exact) mass is 509 g/mol. The summed E-state index contributed by atoms with van der Waals surface area (Å²) in [5.74, 6) is 0.378. The maximum Gasteiger partial charge on any atom is 0.225 e. The standard InChI is InChI=1S/C25H30Cl3N3O2/c1-17(21-5-3-19(26)15-23(21)28)29-24-16-20(4-6-22(24)27)30-10-7-18(8-11-30)25(32)31-9-2-13-33-14-12-31/h3-6,15-18,29H,2,7-14H2,1H3. The van der Waals surface area contributed by atoms with Crippen LogP contribution in [0.5, 0.6) is 0 Å². The fraction of sp³-hybridized carbons (Fsp3) is 0.480. The largest absolute Gasteiger partial charge is 0.380 e. The van der Waals surface area contributed by atoms with E-state index in [1.165, 1.54) is 0 Å². The van der Waals surface area contributed by atoms with Crippen molar-refractivity contribution in [3.8, 4) is 0 Å². The van der Waals surface area contributed by atoms with Crippen LogP contribution >= 0.6 is 34.8 Å². The van der Waals surface area contributed by atoms with Crippen LogP contribution in [0.4, 0.5) is 11.4 Å². The zero-order valence-electron chi connectivity index (χ0n) is 18.8. The van der Waals surface area contributed by atoms with Gasteiger partial charge in [0.2, 0.25) is 5.91 Å². The first kappa shape index (κ1) is 24.5. The topological polar surface area (TPSA) is 44.8 Å². The normalized spacial score (nSPS) is 18.7. The Labute approximate surface area is 210 Å². The van der Waals surface area contributed by atoms with Crippen LogP contribution in [0.25, 0.3) is 0 Å². The number of carbonyl (C=O) groups excluding carboxylic acids is 1. The summed E-state index contributed by atoms with van der Waals surface area (Å²) in [6.07, 6.45) is 2.64. The molecule has 2 heterocycles. The van der Waals surface area contributed by atoms with Crippen molar-refractivity contribution in [3.05, 3.63) is 57.0 Å². The van der Waals surface area contributed by atoms with Crippen molar-refractivity contribution in [1.82, 2.24) is 4.90 Å². The van der Waals surface area contributed by atoms with Gasteiger partial charge in [0, 0.05) is 54.4 Å². The van der Waals surface area contributed by atoms with Crippen LogP contribution in [0.15, 0.2) is 36.4 Å². The van der Waals surface area contributed by atoms with Crippen LogP contribution < -0.4 is 10.2 Å². The van der Waals surface area contributed by atoms with E-state index >= 15 is 0 Å². The fourth-order valence-electron chi connectivity index (χ4n) is 4.59. The number of anilines is 2. The Bertz CT molecular complexity index is 971. The number of ether oxygens (including phenoxy) is 1. The molecule has 0 spiro atoms. The van der Waals surface area contributed by atoms with Gasteiger partial charge in [0.25, 0.3) is 0 Å². The minimum absolute atomic E-state index is 0.0384. The number of hydrogen-bond donors (Lipinski definition) is 1. The maximum atomic E-state index is 13.0. The molecule has 4 rings (SSSR count). The van der Waals surface area contributed by atoms with Crippen molar-refractivity contribution < 1.29 is 9.53 Å². The number of nitrogens with one attached hydrogen (secondary N) is 1. The van der Waals surface area contributed by atoms with E-state index in [0.29, 0.717) is 28.2 Å². The average molecular weight is 511 g/mol. The number of hydrogen-bond acceptors (Lipinski definition) is 4. The van der Waals surface area contributed by atoms with E-state index in [2.05, 4.69) is 16.3 Å². The number of carbonyl (C=O) groups is 1. The van der Waals surface area contributed by atoms with Gasteiger partial charge in [-0.05, 0) is 62.1 Å². The van der Waals surface area contributed by atoms with E-state index < -0.39 is 0 Å². The molecule has 33 heavy (non-hydrogen) atoms. The van der Waals surface area contributed by atoms with Crippen LogP contribution in [-0.2, 0) is 9.53 Å². The lowest BCUT2D eigenvalue weighted by Gasteiger charge is -2.35. The molecule has 1 N–H and O–H groups in total. The third-order valence-corrected chi connectivity index (χ3v) is 7.39. The lowest BCUT2D eigenvalue weighted by atomic mass is 9.94. The summed E-state index contributed by atoms with van der Waals surface area (Å²) in [5, 5.41) is 5.38. The highest BCUT2D eigenvalue weighted by atomic mass is 35.5. The molecule has 2 aromatic rings. The second-order valence-electron chi connectivity index (χ2n) is 8.75. The van der Waals surface area contributed by atoms with E-state index in [1.54, 1.807) is 6.07 Å². The predicted molar refractivity (Wildman–Crippen MR) is 137 cm³/mol. The van der Waals surface area contributed by atoms with Gasteiger partial charge >= 0.3 is 0 Å². The highest BCUT2D eigenvalue weighted by Gasteiger charge is 2.29. The second kappa shape index (κ2) is 11.2. The SMILES string of the molecule is CC(Nc1cc(N2CCC(C(=O)N3CCCOCC3)CC2)ccc1Cl)c1ccc(Cl)cc1Cl. The van der Waals surface area contributed by atoms with Gasteiger partial charge < -0.3 is 19.9 Å². The minimum Gasteiger partial charge on any atom is -0.380 e. The van der Waals surface area contributed by atoms with Crippen LogP contribution in [0.3, 0.4) is 0 Å². The number of amides is 1. The number of halogens is 3. The lowest BCUT2D eigenvalue weighted by molar-refractivity contribution is -0.136. The molecule has 2 aliphatic heterocycles. The number of piperidine rings is 1. The Balaban J connectivity index is 1.39. The van der Waals surface area contributed by atoms with Gasteiger partial charge in [-0.1, -0.05) is 40.9 Å². The summed E-state index contributed by atoms with van der Waals surface area (Å²) >= 11 is 18.9. The zero-order chi connectivity index (χ0) is 23.4. The number of nitrogens with zero attached hydrogens (tertiary/aromatic N) is 2. The highest BCUT2D eigenvalue weighted by Crippen LogP contribution is 2.34. The summed E-state index contributed by atoms with van der Waals surface area (Å²) in [6, 6.07) is 11.5. The Hall–Kier alpha value is -1.66. The summed E-state index contributed by atoms with van der Waals surface area (Å²) in [5.41, 5.74) is 2.92. The molecule has 0 bridgehead atoms. The molecule has 0 aliphatic carbocycles. The molecule has 0 radical (unpaired) electrons. The van der Waals surface area contributed by atoms with Gasteiger partial charge in [-0.25, -0.2) is 0 Å². The summed E-state index contributed by atoms with van der Waals surface area (Å²) in [6.45, 7) is 6.65. The fourth-order valence-corrected chi connectivity index (χ4v) is 5.34. The molecule has 0 aromatic heterocycles. The van der Waals surface area contributed by atoms with E-state index in [4.69, 9.17) is 39.5 Å². The van der Waals surface area contributed by atoms with Crippen LogP contribution in [0, 0.1) is 5.92 Å². The highest BCUT2D eigenvalue weighted by molar-refractivity contribution is 6.35. The van der Waals surface area contributed by atoms with E-state index in [1.807, 2.05) is 36.1 Å². The first-order valence-corrected chi connectivity index (χ1v) is 12.7. The van der Waals surface area contributed by atoms with Gasteiger partial charge in [-0.15, -0.1) is 0 Å². The second-order valence-corrected chi connectivity index (χ2v) is 10.00. The molecule has 178 valence electrons. The molecular weight excluding hydrogens is 481 g/mol. The van der Waals surface area contributed by atoms with Gasteiger partial charge in [0.15, 0.2) is 0 Å². The first-order valence-electron chi connectivity index (χ1n) is 11.5. The molecule has 2 saturated heterocycles. The van der Waals surface area contributed by atoms with Gasteiger partial charge in [0.05, 0.1) is 23.4 Å². The van der Waals surface area contributed by atoms with E-state index in [9.17, 15) is 4.79 Å². The Morgan fingerprint density at radius 3 is 2.55 bits per heavy atom. The predicted octanol–water partition coefficient (Wildman–Crippen LogP) is 6.29. The molecule has 1 unspecified atom stereocenters. The first-order chi connectivity index (χ1) is 15.9.